The van der Waals surface area contributed by atoms with E-state index < -0.39 is 0 Å². The molecule has 16 heavy (non-hydrogen) atoms. The molecule has 0 aliphatic rings. The summed E-state index contributed by atoms with van der Waals surface area (Å²) in [5.41, 5.74) is 1.93. The summed E-state index contributed by atoms with van der Waals surface area (Å²) in [6, 6.07) is 0. The number of rotatable bonds is 4. The smallest absolute Gasteiger partial charge is 0.157 e. The molecule has 1 N–H and O–H groups in total. The fourth-order valence-corrected chi connectivity index (χ4v) is 0.954. The lowest BCUT2D eigenvalue weighted by Gasteiger charge is -2.05. The molecule has 2 heteroatoms. The molecule has 2 nitrogen and oxygen atoms in total. The minimum absolute atomic E-state index is 0.222. The van der Waals surface area contributed by atoms with E-state index >= 15 is 0 Å². The molecular formula is C14H26O2. The zero-order chi connectivity index (χ0) is 13.1. The van der Waals surface area contributed by atoms with E-state index in [0.717, 1.165) is 17.6 Å². The van der Waals surface area contributed by atoms with E-state index in [0.29, 0.717) is 6.42 Å². The summed E-state index contributed by atoms with van der Waals surface area (Å²) < 4.78 is 0. The topological polar surface area (TPSA) is 37.3 Å². The van der Waals surface area contributed by atoms with Gasteiger partial charge in [-0.1, -0.05) is 26.0 Å². The average Bonchev–Trinajstić information content (AvgIpc) is 2.35. The Labute approximate surface area is 100 Å². The third kappa shape index (κ3) is 8.42. The maximum atomic E-state index is 10.7. The Bertz CT molecular complexity index is 249. The maximum absolute atomic E-state index is 10.7. The lowest BCUT2D eigenvalue weighted by Crippen LogP contribution is -2.04. The van der Waals surface area contributed by atoms with Crippen molar-refractivity contribution in [3.05, 3.63) is 23.3 Å². The molecule has 0 bridgehead atoms. The molecule has 0 radical (unpaired) electrons. The molecule has 94 valence electrons. The van der Waals surface area contributed by atoms with Gasteiger partial charge in [-0.05, 0) is 45.3 Å². The monoisotopic (exact) mass is 226 g/mol. The number of carbonyl (C=O) groups excluding carboxylic acids is 1. The largest absolute Gasteiger partial charge is 0.389 e. The SMILES string of the molecule is C/C=C(\C)C(=O)CC.C/C=C(\C)C(O)CC. The third-order valence-corrected chi connectivity index (χ3v) is 2.56. The summed E-state index contributed by atoms with van der Waals surface area (Å²) in [6.07, 6.45) is 4.99. The number of carbonyl (C=O) groups is 1. The van der Waals surface area contributed by atoms with Crippen molar-refractivity contribution in [1.82, 2.24) is 0 Å². The van der Waals surface area contributed by atoms with Crippen LogP contribution < -0.4 is 0 Å². The molecule has 0 aliphatic heterocycles. The van der Waals surface area contributed by atoms with Gasteiger partial charge in [0, 0.05) is 6.42 Å². The highest BCUT2D eigenvalue weighted by Crippen LogP contribution is 2.02. The Hall–Kier alpha value is -0.890. The fraction of sp³-hybridized carbons (Fsp3) is 0.643. The van der Waals surface area contributed by atoms with Crippen LogP contribution in [-0.4, -0.2) is 17.0 Å². The van der Waals surface area contributed by atoms with Gasteiger partial charge in [-0.3, -0.25) is 4.79 Å². The second kappa shape index (κ2) is 10.6. The van der Waals surface area contributed by atoms with Crippen molar-refractivity contribution in [3.63, 3.8) is 0 Å². The van der Waals surface area contributed by atoms with Gasteiger partial charge in [-0.25, -0.2) is 0 Å². The lowest BCUT2D eigenvalue weighted by molar-refractivity contribution is -0.115. The van der Waals surface area contributed by atoms with Crippen LogP contribution in [0.1, 0.15) is 54.4 Å². The molecule has 0 spiro atoms. The Balaban J connectivity index is 0. The van der Waals surface area contributed by atoms with Gasteiger partial charge in [0.2, 0.25) is 0 Å². The van der Waals surface area contributed by atoms with Crippen molar-refractivity contribution in [1.29, 1.82) is 0 Å². The van der Waals surface area contributed by atoms with Crippen LogP contribution in [0.25, 0.3) is 0 Å². The molecule has 0 saturated carbocycles. The molecule has 0 aliphatic carbocycles. The van der Waals surface area contributed by atoms with Crippen LogP contribution in [0, 0.1) is 0 Å². The van der Waals surface area contributed by atoms with Gasteiger partial charge in [0.15, 0.2) is 5.78 Å². The van der Waals surface area contributed by atoms with E-state index in [2.05, 4.69) is 0 Å². The number of aliphatic hydroxyl groups is 1. The van der Waals surface area contributed by atoms with Crippen LogP contribution in [0.3, 0.4) is 0 Å². The van der Waals surface area contributed by atoms with Crippen molar-refractivity contribution >= 4 is 5.78 Å². The average molecular weight is 226 g/mol. The molecule has 0 rings (SSSR count). The normalized spacial score (nSPS) is 13.9. The highest BCUT2D eigenvalue weighted by atomic mass is 16.3. The summed E-state index contributed by atoms with van der Waals surface area (Å²) >= 11 is 0. The molecule has 0 saturated heterocycles. The second-order valence-electron chi connectivity index (χ2n) is 3.71. The number of hydrogen-bond acceptors (Lipinski definition) is 2. The molecule has 0 amide bonds. The molecule has 0 aromatic heterocycles. The van der Waals surface area contributed by atoms with E-state index in [-0.39, 0.29) is 11.9 Å². The molecule has 0 heterocycles. The second-order valence-corrected chi connectivity index (χ2v) is 3.71. The third-order valence-electron chi connectivity index (χ3n) is 2.56. The van der Waals surface area contributed by atoms with E-state index in [9.17, 15) is 4.79 Å². The Morgan fingerprint density at radius 2 is 1.69 bits per heavy atom. The Morgan fingerprint density at radius 3 is 1.81 bits per heavy atom. The summed E-state index contributed by atoms with van der Waals surface area (Å²) in [5.74, 6) is 0.243. The van der Waals surface area contributed by atoms with Gasteiger partial charge < -0.3 is 5.11 Å². The first-order valence-corrected chi connectivity index (χ1v) is 5.91. The Morgan fingerprint density at radius 1 is 1.19 bits per heavy atom. The zero-order valence-corrected chi connectivity index (χ0v) is 11.5. The van der Waals surface area contributed by atoms with E-state index in [1.165, 1.54) is 0 Å². The summed E-state index contributed by atoms with van der Waals surface area (Å²) in [5, 5.41) is 9.06. The number of hydrogen-bond donors (Lipinski definition) is 1. The summed E-state index contributed by atoms with van der Waals surface area (Å²) in [4.78, 5) is 10.7. The van der Waals surface area contributed by atoms with E-state index in [1.807, 2.05) is 53.7 Å². The van der Waals surface area contributed by atoms with Crippen molar-refractivity contribution in [3.8, 4) is 0 Å². The van der Waals surface area contributed by atoms with Crippen molar-refractivity contribution in [2.45, 2.75) is 60.5 Å². The zero-order valence-electron chi connectivity index (χ0n) is 11.5. The standard InChI is InChI=1S/C7H14O.C7H12O/c2*1-4-6(3)7(8)5-2/h4,7-8H,5H2,1-3H3;4H,5H2,1-3H3/b2*6-4+. The van der Waals surface area contributed by atoms with Gasteiger partial charge in [-0.15, -0.1) is 0 Å². The number of ketones is 1. The van der Waals surface area contributed by atoms with Crippen LogP contribution in [0.4, 0.5) is 0 Å². The minimum atomic E-state index is -0.222. The molecule has 0 aromatic carbocycles. The van der Waals surface area contributed by atoms with Crippen molar-refractivity contribution < 1.29 is 9.90 Å². The van der Waals surface area contributed by atoms with Crippen molar-refractivity contribution in [2.24, 2.45) is 0 Å². The first-order chi connectivity index (χ1) is 7.44. The Kier molecular flexibility index (Phi) is 11.6. The van der Waals surface area contributed by atoms with Gasteiger partial charge in [0.05, 0.1) is 6.10 Å². The number of aliphatic hydroxyl groups excluding tert-OH is 1. The predicted molar refractivity (Wildman–Crippen MR) is 70.5 cm³/mol. The van der Waals surface area contributed by atoms with E-state index in [4.69, 9.17) is 5.11 Å². The van der Waals surface area contributed by atoms with Crippen LogP contribution in [-0.2, 0) is 4.79 Å². The highest BCUT2D eigenvalue weighted by molar-refractivity contribution is 5.94. The minimum Gasteiger partial charge on any atom is -0.389 e. The maximum Gasteiger partial charge on any atom is 0.157 e. The molecule has 1 atom stereocenters. The van der Waals surface area contributed by atoms with Crippen LogP contribution in [0.15, 0.2) is 23.3 Å². The number of Topliss-reactive ketones (excluding diaryl/α,β-unsaturated/α-hetero) is 1. The fourth-order valence-electron chi connectivity index (χ4n) is 0.954. The summed E-state index contributed by atoms with van der Waals surface area (Å²) in [6.45, 7) is 11.4. The van der Waals surface area contributed by atoms with Gasteiger partial charge in [0.1, 0.15) is 0 Å². The predicted octanol–water partition coefficient (Wildman–Crippen LogP) is 3.66. The van der Waals surface area contributed by atoms with Crippen LogP contribution in [0.5, 0.6) is 0 Å². The highest BCUT2D eigenvalue weighted by Gasteiger charge is 1.98. The lowest BCUT2D eigenvalue weighted by atomic mass is 10.1. The molecule has 1 unspecified atom stereocenters. The molecule has 0 fully saturated rings. The van der Waals surface area contributed by atoms with Crippen molar-refractivity contribution in [2.75, 3.05) is 0 Å². The first kappa shape index (κ1) is 17.5. The van der Waals surface area contributed by atoms with Crippen LogP contribution in [0.2, 0.25) is 0 Å². The van der Waals surface area contributed by atoms with Gasteiger partial charge >= 0.3 is 0 Å². The van der Waals surface area contributed by atoms with Gasteiger partial charge in [-0.2, -0.15) is 0 Å². The van der Waals surface area contributed by atoms with Crippen LogP contribution >= 0.6 is 0 Å². The molecular weight excluding hydrogens is 200 g/mol. The quantitative estimate of drug-likeness (QED) is 0.587. The van der Waals surface area contributed by atoms with Gasteiger partial charge in [0.25, 0.3) is 0 Å². The first-order valence-electron chi connectivity index (χ1n) is 5.91. The molecule has 0 aromatic rings. The van der Waals surface area contributed by atoms with E-state index in [1.54, 1.807) is 0 Å². The number of allylic oxidation sites excluding steroid dienone is 3. The summed E-state index contributed by atoms with van der Waals surface area (Å²) in [7, 11) is 0.